The number of esters is 1. The van der Waals surface area contributed by atoms with Crippen LogP contribution in [0.2, 0.25) is 18.6 Å². The van der Waals surface area contributed by atoms with Gasteiger partial charge in [0.2, 0.25) is 0 Å². The maximum atomic E-state index is 11.4. The number of methoxy groups -OCH3 is 1. The summed E-state index contributed by atoms with van der Waals surface area (Å²) in [6.07, 6.45) is -1.04. The molecule has 0 aliphatic carbocycles. The Kier molecular flexibility index (Phi) is 4.48. The number of hydrogen-bond acceptors (Lipinski definition) is 3. The Labute approximate surface area is 103 Å². The molecule has 0 saturated heterocycles. The van der Waals surface area contributed by atoms with Gasteiger partial charge in [-0.05, 0) is 5.54 Å². The van der Waals surface area contributed by atoms with Gasteiger partial charge in [-0.2, -0.15) is 0 Å². The van der Waals surface area contributed by atoms with E-state index in [4.69, 9.17) is 0 Å². The molecule has 0 aromatic heterocycles. The van der Waals surface area contributed by atoms with Gasteiger partial charge in [0.1, 0.15) is 0 Å². The maximum absolute atomic E-state index is 11.4. The standard InChI is InChI=1S/C13H20O3Si/c1-10(12(14)13(15)16-2)17(3,4)11-8-6-5-7-9-11/h5-10,12,14H,1-4H3/t10-,12-/m1/s1. The van der Waals surface area contributed by atoms with E-state index in [1.54, 1.807) is 0 Å². The van der Waals surface area contributed by atoms with Crippen LogP contribution in [0, 0.1) is 0 Å². The Morgan fingerprint density at radius 3 is 2.29 bits per heavy atom. The second kappa shape index (κ2) is 5.47. The number of aliphatic hydroxyl groups is 1. The number of carbonyl (C=O) groups is 1. The molecule has 94 valence electrons. The lowest BCUT2D eigenvalue weighted by Gasteiger charge is -2.32. The molecule has 1 aromatic rings. The first-order valence-electron chi connectivity index (χ1n) is 5.72. The second-order valence-electron chi connectivity index (χ2n) is 4.84. The van der Waals surface area contributed by atoms with Crippen molar-refractivity contribution in [2.45, 2.75) is 31.7 Å². The molecule has 0 spiro atoms. The molecule has 0 radical (unpaired) electrons. The number of ether oxygens (including phenoxy) is 1. The van der Waals surface area contributed by atoms with Crippen LogP contribution in [0.5, 0.6) is 0 Å². The van der Waals surface area contributed by atoms with Crippen molar-refractivity contribution in [1.82, 2.24) is 0 Å². The van der Waals surface area contributed by atoms with Gasteiger partial charge in [-0.1, -0.05) is 55.5 Å². The van der Waals surface area contributed by atoms with Crippen molar-refractivity contribution in [3.8, 4) is 0 Å². The summed E-state index contributed by atoms with van der Waals surface area (Å²) >= 11 is 0. The minimum Gasteiger partial charge on any atom is -0.467 e. The number of hydrogen-bond donors (Lipinski definition) is 1. The summed E-state index contributed by atoms with van der Waals surface area (Å²) in [5, 5.41) is 11.2. The predicted octanol–water partition coefficient (Wildman–Crippen LogP) is 1.53. The van der Waals surface area contributed by atoms with Crippen LogP contribution < -0.4 is 5.19 Å². The molecule has 0 aliphatic heterocycles. The molecular formula is C13H20O3Si. The molecule has 4 heteroatoms. The van der Waals surface area contributed by atoms with Crippen LogP contribution in [0.15, 0.2) is 30.3 Å². The Hall–Kier alpha value is -1.13. The quantitative estimate of drug-likeness (QED) is 0.653. The van der Waals surface area contributed by atoms with E-state index in [0.717, 1.165) is 0 Å². The average Bonchev–Trinajstić information content (AvgIpc) is 2.37. The molecule has 17 heavy (non-hydrogen) atoms. The molecule has 0 saturated carbocycles. The molecule has 0 aliphatic rings. The Bertz CT molecular complexity index is 376. The van der Waals surface area contributed by atoms with Crippen molar-refractivity contribution >= 4 is 19.2 Å². The van der Waals surface area contributed by atoms with Crippen LogP contribution in [-0.2, 0) is 9.53 Å². The van der Waals surface area contributed by atoms with E-state index in [2.05, 4.69) is 30.0 Å². The van der Waals surface area contributed by atoms with E-state index in [-0.39, 0.29) is 5.54 Å². The monoisotopic (exact) mass is 252 g/mol. The maximum Gasteiger partial charge on any atom is 0.334 e. The first-order chi connectivity index (χ1) is 7.91. The van der Waals surface area contributed by atoms with E-state index in [1.165, 1.54) is 12.3 Å². The SMILES string of the molecule is COC(=O)[C@H](O)[C@@H](C)[Si](C)(C)c1ccccc1. The lowest BCUT2D eigenvalue weighted by molar-refractivity contribution is -0.150. The molecule has 0 heterocycles. The smallest absolute Gasteiger partial charge is 0.334 e. The van der Waals surface area contributed by atoms with Crippen LogP contribution in [0.25, 0.3) is 0 Å². The molecule has 2 atom stereocenters. The summed E-state index contributed by atoms with van der Waals surface area (Å²) in [5.41, 5.74) is -0.0858. The summed E-state index contributed by atoms with van der Waals surface area (Å²) in [6, 6.07) is 10.1. The number of aliphatic hydroxyl groups excluding tert-OH is 1. The van der Waals surface area contributed by atoms with E-state index < -0.39 is 20.1 Å². The Balaban J connectivity index is 2.94. The van der Waals surface area contributed by atoms with Gasteiger partial charge in [0, 0.05) is 0 Å². The zero-order chi connectivity index (χ0) is 13.1. The highest BCUT2D eigenvalue weighted by atomic mass is 28.3. The topological polar surface area (TPSA) is 46.5 Å². The lowest BCUT2D eigenvalue weighted by Crippen LogP contribution is -2.50. The molecule has 1 N–H and O–H groups in total. The van der Waals surface area contributed by atoms with Crippen molar-refractivity contribution < 1.29 is 14.6 Å². The minimum atomic E-state index is -1.88. The van der Waals surface area contributed by atoms with Crippen LogP contribution in [0.3, 0.4) is 0 Å². The van der Waals surface area contributed by atoms with Gasteiger partial charge in [-0.25, -0.2) is 4.79 Å². The van der Waals surface area contributed by atoms with Crippen molar-refractivity contribution in [3.05, 3.63) is 30.3 Å². The van der Waals surface area contributed by atoms with Gasteiger partial charge < -0.3 is 9.84 Å². The van der Waals surface area contributed by atoms with Crippen molar-refractivity contribution in [2.75, 3.05) is 7.11 Å². The van der Waals surface area contributed by atoms with Gasteiger partial charge in [-0.15, -0.1) is 0 Å². The van der Waals surface area contributed by atoms with E-state index in [9.17, 15) is 9.90 Å². The summed E-state index contributed by atoms with van der Waals surface area (Å²) in [5.74, 6) is -0.547. The molecule has 0 amide bonds. The Morgan fingerprint density at radius 2 is 1.82 bits per heavy atom. The van der Waals surface area contributed by atoms with E-state index in [0.29, 0.717) is 0 Å². The lowest BCUT2D eigenvalue weighted by atomic mass is 10.3. The zero-order valence-corrected chi connectivity index (χ0v) is 11.8. The number of rotatable bonds is 4. The van der Waals surface area contributed by atoms with Crippen molar-refractivity contribution in [2.24, 2.45) is 0 Å². The fraction of sp³-hybridized carbons (Fsp3) is 0.462. The largest absolute Gasteiger partial charge is 0.467 e. The predicted molar refractivity (Wildman–Crippen MR) is 71.0 cm³/mol. The highest BCUT2D eigenvalue weighted by Gasteiger charge is 2.38. The Morgan fingerprint density at radius 1 is 1.29 bits per heavy atom. The third-order valence-electron chi connectivity index (χ3n) is 3.57. The summed E-state index contributed by atoms with van der Waals surface area (Å²) < 4.78 is 4.60. The molecular weight excluding hydrogens is 232 g/mol. The van der Waals surface area contributed by atoms with Crippen molar-refractivity contribution in [3.63, 3.8) is 0 Å². The van der Waals surface area contributed by atoms with Crippen LogP contribution in [0.1, 0.15) is 6.92 Å². The highest BCUT2D eigenvalue weighted by Crippen LogP contribution is 2.25. The minimum absolute atomic E-state index is 0.0858. The number of benzene rings is 1. The molecule has 0 bridgehead atoms. The summed E-state index contributed by atoms with van der Waals surface area (Å²) in [6.45, 7) is 6.22. The highest BCUT2D eigenvalue weighted by molar-refractivity contribution is 6.91. The zero-order valence-electron chi connectivity index (χ0n) is 10.8. The van der Waals surface area contributed by atoms with Crippen LogP contribution >= 0.6 is 0 Å². The molecule has 0 unspecified atom stereocenters. The van der Waals surface area contributed by atoms with Gasteiger partial charge in [0.05, 0.1) is 15.2 Å². The normalized spacial score (nSPS) is 15.1. The molecule has 1 rings (SSSR count). The second-order valence-corrected chi connectivity index (χ2v) is 9.78. The van der Waals surface area contributed by atoms with E-state index >= 15 is 0 Å². The third kappa shape index (κ3) is 2.95. The van der Waals surface area contributed by atoms with E-state index in [1.807, 2.05) is 25.1 Å². The third-order valence-corrected chi connectivity index (χ3v) is 7.99. The van der Waals surface area contributed by atoms with Gasteiger partial charge in [0.15, 0.2) is 6.10 Å². The molecule has 3 nitrogen and oxygen atoms in total. The van der Waals surface area contributed by atoms with Gasteiger partial charge in [-0.3, -0.25) is 0 Å². The fourth-order valence-electron chi connectivity index (χ4n) is 1.85. The number of carbonyl (C=O) groups excluding carboxylic acids is 1. The van der Waals surface area contributed by atoms with Gasteiger partial charge in [0.25, 0.3) is 0 Å². The van der Waals surface area contributed by atoms with Gasteiger partial charge >= 0.3 is 5.97 Å². The van der Waals surface area contributed by atoms with Crippen LogP contribution in [0.4, 0.5) is 0 Å². The molecule has 0 fully saturated rings. The van der Waals surface area contributed by atoms with Crippen LogP contribution in [-0.4, -0.2) is 32.4 Å². The summed E-state index contributed by atoms with van der Waals surface area (Å²) in [4.78, 5) is 11.4. The summed E-state index contributed by atoms with van der Waals surface area (Å²) in [7, 11) is -0.575. The average molecular weight is 252 g/mol. The fourth-order valence-corrected chi connectivity index (χ4v) is 4.35. The molecule has 1 aromatic carbocycles. The first kappa shape index (κ1) is 13.9. The van der Waals surface area contributed by atoms with Crippen molar-refractivity contribution in [1.29, 1.82) is 0 Å². The first-order valence-corrected chi connectivity index (χ1v) is 8.80.